The quantitative estimate of drug-likeness (QED) is 0.740. The van der Waals surface area contributed by atoms with Gasteiger partial charge in [0.05, 0.1) is 0 Å². The first-order chi connectivity index (χ1) is 10.5. The summed E-state index contributed by atoms with van der Waals surface area (Å²) in [6.07, 6.45) is 9.16. The summed E-state index contributed by atoms with van der Waals surface area (Å²) in [5.41, 5.74) is 14.6. The van der Waals surface area contributed by atoms with Crippen LogP contribution in [0.4, 0.5) is 11.4 Å². The van der Waals surface area contributed by atoms with Crippen molar-refractivity contribution in [3.63, 3.8) is 0 Å². The summed E-state index contributed by atoms with van der Waals surface area (Å²) in [4.78, 5) is 12.5. The highest BCUT2D eigenvalue weighted by molar-refractivity contribution is 5.98. The van der Waals surface area contributed by atoms with E-state index in [1.165, 1.54) is 44.9 Å². The molecule has 2 aliphatic carbocycles. The van der Waals surface area contributed by atoms with E-state index in [1.807, 2.05) is 6.92 Å². The highest BCUT2D eigenvalue weighted by atomic mass is 16.1. The molecule has 23 heavy (non-hydrogen) atoms. The van der Waals surface area contributed by atoms with Crippen molar-refractivity contribution in [3.05, 3.63) is 23.3 Å². The average Bonchev–Trinajstić information content (AvgIpc) is 2.49. The van der Waals surface area contributed by atoms with Crippen LogP contribution < -0.4 is 16.8 Å². The van der Waals surface area contributed by atoms with Crippen LogP contribution >= 0.6 is 0 Å². The van der Waals surface area contributed by atoms with E-state index in [1.54, 1.807) is 12.1 Å². The fraction of sp³-hybridized carbons (Fsp3) is 0.632. The third-order valence-electron chi connectivity index (χ3n) is 5.70. The molecular weight excluding hydrogens is 286 g/mol. The van der Waals surface area contributed by atoms with Crippen LogP contribution in [0, 0.1) is 18.3 Å². The number of carbonyl (C=O) groups is 1. The Bertz CT molecular complexity index is 572. The monoisotopic (exact) mass is 317 g/mol. The summed E-state index contributed by atoms with van der Waals surface area (Å²) in [5, 5.41) is 3.16. The van der Waals surface area contributed by atoms with Crippen molar-refractivity contribution in [1.82, 2.24) is 5.32 Å². The van der Waals surface area contributed by atoms with Crippen molar-refractivity contribution in [1.29, 1.82) is 0 Å². The van der Waals surface area contributed by atoms with Crippen LogP contribution in [0.25, 0.3) is 0 Å². The molecule has 0 unspecified atom stereocenters. The number of nitrogens with one attached hydrogen (secondary N) is 1. The first-order valence-corrected chi connectivity index (χ1v) is 8.43. The van der Waals surface area contributed by atoms with E-state index in [0.29, 0.717) is 22.4 Å². The van der Waals surface area contributed by atoms with Gasteiger partial charge in [0.25, 0.3) is 5.91 Å². The first-order valence-electron chi connectivity index (χ1n) is 8.43. The Kier molecular flexibility index (Phi) is 5.23. The number of anilines is 2. The van der Waals surface area contributed by atoms with Gasteiger partial charge in [0.15, 0.2) is 0 Å². The van der Waals surface area contributed by atoms with E-state index in [-0.39, 0.29) is 13.3 Å². The van der Waals surface area contributed by atoms with Crippen LogP contribution in [0.15, 0.2) is 12.1 Å². The van der Waals surface area contributed by atoms with Gasteiger partial charge in [-0.05, 0) is 55.2 Å². The van der Waals surface area contributed by atoms with Crippen molar-refractivity contribution in [2.45, 2.75) is 59.3 Å². The lowest BCUT2D eigenvalue weighted by molar-refractivity contribution is 0.0681. The number of amides is 1. The average molecular weight is 317 g/mol. The Morgan fingerprint density at radius 2 is 1.91 bits per heavy atom. The molecule has 1 aromatic rings. The Morgan fingerprint density at radius 3 is 2.57 bits per heavy atom. The first kappa shape index (κ1) is 17.6. The van der Waals surface area contributed by atoms with Crippen LogP contribution in [-0.2, 0) is 0 Å². The summed E-state index contributed by atoms with van der Waals surface area (Å²) in [6, 6.07) is 3.43. The smallest absolute Gasteiger partial charge is 0.251 e. The number of hydrogen-bond acceptors (Lipinski definition) is 3. The highest BCUT2D eigenvalue weighted by Crippen LogP contribution is 2.48. The van der Waals surface area contributed by atoms with Gasteiger partial charge in [0.1, 0.15) is 0 Å². The minimum atomic E-state index is -0.0430. The lowest BCUT2D eigenvalue weighted by atomic mass is 9.62. The molecule has 0 spiro atoms. The minimum absolute atomic E-state index is 0. The van der Waals surface area contributed by atoms with Gasteiger partial charge in [0.2, 0.25) is 0 Å². The molecule has 5 N–H and O–H groups in total. The maximum Gasteiger partial charge on any atom is 0.251 e. The normalized spacial score (nSPS) is 26.2. The largest absolute Gasteiger partial charge is 0.399 e. The second-order valence-corrected chi connectivity index (χ2v) is 7.32. The molecular formula is C19H31N3O. The van der Waals surface area contributed by atoms with E-state index < -0.39 is 0 Å². The van der Waals surface area contributed by atoms with Gasteiger partial charge in [-0.15, -0.1) is 0 Å². The molecule has 0 heterocycles. The summed E-state index contributed by atoms with van der Waals surface area (Å²) >= 11 is 0. The van der Waals surface area contributed by atoms with Crippen molar-refractivity contribution in [3.8, 4) is 0 Å². The van der Waals surface area contributed by atoms with E-state index in [4.69, 9.17) is 11.5 Å². The molecule has 1 amide bonds. The third-order valence-corrected chi connectivity index (χ3v) is 5.70. The van der Waals surface area contributed by atoms with Crippen molar-refractivity contribution in [2.24, 2.45) is 11.3 Å². The maximum atomic E-state index is 12.5. The van der Waals surface area contributed by atoms with Crippen LogP contribution in [0.5, 0.6) is 0 Å². The summed E-state index contributed by atoms with van der Waals surface area (Å²) < 4.78 is 0. The maximum absolute atomic E-state index is 12.5. The molecule has 4 heteroatoms. The Morgan fingerprint density at radius 1 is 1.26 bits per heavy atom. The number of rotatable bonds is 3. The number of nitrogen functional groups attached to an aromatic ring is 2. The van der Waals surface area contributed by atoms with Crippen LogP contribution in [-0.4, -0.2) is 12.5 Å². The zero-order valence-corrected chi connectivity index (χ0v) is 13.5. The highest BCUT2D eigenvalue weighted by Gasteiger charge is 2.39. The minimum Gasteiger partial charge on any atom is -0.399 e. The molecule has 2 bridgehead atoms. The van der Waals surface area contributed by atoms with Gasteiger partial charge < -0.3 is 16.8 Å². The van der Waals surface area contributed by atoms with Crippen molar-refractivity contribution < 1.29 is 4.79 Å². The van der Waals surface area contributed by atoms with Crippen LogP contribution in [0.3, 0.4) is 0 Å². The summed E-state index contributed by atoms with van der Waals surface area (Å²) in [6.45, 7) is 2.66. The molecule has 0 saturated heterocycles. The standard InChI is InChI=1S/C18H27N3O.CH4/c1-12-15(8-14(19)9-16(12)20)17(22)21-11-18-6-2-4-13(10-18)5-3-7-18;/h8-9,13H,2-7,10-11,19-20H2,1H3,(H,21,22);1H4. The molecule has 3 rings (SSSR count). The van der Waals surface area contributed by atoms with Gasteiger partial charge >= 0.3 is 0 Å². The second kappa shape index (κ2) is 6.81. The zero-order chi connectivity index (χ0) is 15.7. The van der Waals surface area contributed by atoms with Gasteiger partial charge in [-0.1, -0.05) is 33.1 Å². The SMILES string of the molecule is C.Cc1c(N)cc(N)cc1C(=O)NCC12CCCC(CCC1)C2. The summed E-state index contributed by atoms with van der Waals surface area (Å²) in [5.74, 6) is 0.836. The third kappa shape index (κ3) is 3.62. The predicted octanol–water partition coefficient (Wildman–Crippen LogP) is 3.89. The fourth-order valence-electron chi connectivity index (χ4n) is 4.43. The molecule has 0 aromatic heterocycles. The van der Waals surface area contributed by atoms with Crippen LogP contribution in [0.2, 0.25) is 0 Å². The van der Waals surface area contributed by atoms with E-state index in [9.17, 15) is 4.79 Å². The zero-order valence-electron chi connectivity index (χ0n) is 13.5. The lowest BCUT2D eigenvalue weighted by Crippen LogP contribution is -2.43. The number of hydrogen-bond donors (Lipinski definition) is 3. The molecule has 0 aliphatic heterocycles. The van der Waals surface area contributed by atoms with E-state index in [2.05, 4.69) is 5.32 Å². The summed E-state index contributed by atoms with van der Waals surface area (Å²) in [7, 11) is 0. The van der Waals surface area contributed by atoms with Crippen molar-refractivity contribution >= 4 is 17.3 Å². The van der Waals surface area contributed by atoms with Gasteiger partial charge in [-0.3, -0.25) is 4.79 Å². The van der Waals surface area contributed by atoms with Crippen molar-refractivity contribution in [2.75, 3.05) is 18.0 Å². The lowest BCUT2D eigenvalue weighted by Gasteiger charge is -2.45. The number of carbonyl (C=O) groups excluding carboxylic acids is 1. The fourth-order valence-corrected chi connectivity index (χ4v) is 4.43. The van der Waals surface area contributed by atoms with Gasteiger partial charge in [-0.25, -0.2) is 0 Å². The molecule has 1 aromatic carbocycles. The number of fused-ring (bicyclic) bond motifs is 2. The van der Waals surface area contributed by atoms with Crippen LogP contribution in [0.1, 0.15) is 68.3 Å². The Labute approximate surface area is 140 Å². The van der Waals surface area contributed by atoms with E-state index in [0.717, 1.165) is 18.0 Å². The molecule has 4 nitrogen and oxygen atoms in total. The molecule has 0 atom stereocenters. The topological polar surface area (TPSA) is 81.1 Å². The predicted molar refractivity (Wildman–Crippen MR) is 97.3 cm³/mol. The molecule has 0 radical (unpaired) electrons. The molecule has 128 valence electrons. The van der Waals surface area contributed by atoms with E-state index >= 15 is 0 Å². The number of benzene rings is 1. The second-order valence-electron chi connectivity index (χ2n) is 7.32. The van der Waals surface area contributed by atoms with Gasteiger partial charge in [-0.2, -0.15) is 0 Å². The molecule has 2 saturated carbocycles. The molecule has 2 aliphatic rings. The number of nitrogens with two attached hydrogens (primary N) is 2. The Balaban J connectivity index is 0.00000192. The Hall–Kier alpha value is -1.71. The van der Waals surface area contributed by atoms with Gasteiger partial charge in [0, 0.05) is 23.5 Å². The molecule has 2 fully saturated rings.